The predicted molar refractivity (Wildman–Crippen MR) is 68.3 cm³/mol. The van der Waals surface area contributed by atoms with Crippen molar-refractivity contribution < 1.29 is 9.72 Å². The Morgan fingerprint density at radius 3 is 1.89 bits per heavy atom. The van der Waals surface area contributed by atoms with Gasteiger partial charge in [-0.3, -0.25) is 10.1 Å². The normalized spacial score (nSPS) is 10.0. The van der Waals surface area contributed by atoms with E-state index in [0.29, 0.717) is 6.42 Å². The van der Waals surface area contributed by atoms with E-state index in [2.05, 4.69) is 0 Å². The Bertz CT molecular complexity index is 559. The molecule has 0 aliphatic carbocycles. The third-order valence-corrected chi connectivity index (χ3v) is 2.68. The van der Waals surface area contributed by atoms with E-state index >= 15 is 0 Å². The van der Waals surface area contributed by atoms with Crippen LogP contribution < -0.4 is 0 Å². The molecule has 0 saturated heterocycles. The Balaban J connectivity index is 2.25. The molecule has 0 heterocycles. The van der Waals surface area contributed by atoms with E-state index in [0.717, 1.165) is 23.0 Å². The summed E-state index contributed by atoms with van der Waals surface area (Å²) < 4.78 is 0. The molecule has 0 saturated carbocycles. The second-order valence-electron chi connectivity index (χ2n) is 3.87. The number of carbonyl (C=O) groups is 1. The van der Waals surface area contributed by atoms with Crippen molar-refractivity contribution in [2.24, 2.45) is 0 Å². The number of aldehydes is 1. The predicted octanol–water partition coefficient (Wildman–Crippen LogP) is 3.00. The smallest absolute Gasteiger partial charge is 0.269 e. The molecular formula is C14H11NO3. The van der Waals surface area contributed by atoms with Crippen LogP contribution in [0.3, 0.4) is 0 Å². The Labute approximate surface area is 104 Å². The number of non-ortho nitro benzene ring substituents is 1. The average Bonchev–Trinajstić information content (AvgIpc) is 2.40. The molecule has 0 fully saturated rings. The SMILES string of the molecule is O=CCc1ccc(-c2ccc([N+](=O)[O-])cc2)cc1. The van der Waals surface area contributed by atoms with Crippen LogP contribution in [0.4, 0.5) is 5.69 Å². The Morgan fingerprint density at radius 2 is 1.44 bits per heavy atom. The lowest BCUT2D eigenvalue weighted by Crippen LogP contribution is -1.88. The molecule has 4 nitrogen and oxygen atoms in total. The third-order valence-electron chi connectivity index (χ3n) is 2.68. The number of nitrogens with zero attached hydrogens (tertiary/aromatic N) is 1. The number of benzene rings is 2. The highest BCUT2D eigenvalue weighted by molar-refractivity contribution is 5.66. The second-order valence-corrected chi connectivity index (χ2v) is 3.87. The zero-order valence-electron chi connectivity index (χ0n) is 9.58. The third kappa shape index (κ3) is 2.60. The molecule has 4 heteroatoms. The summed E-state index contributed by atoms with van der Waals surface area (Å²) in [7, 11) is 0. The van der Waals surface area contributed by atoms with Crippen LogP contribution in [0.5, 0.6) is 0 Å². The van der Waals surface area contributed by atoms with Gasteiger partial charge >= 0.3 is 0 Å². The van der Waals surface area contributed by atoms with Crippen LogP contribution in [0, 0.1) is 10.1 Å². The van der Waals surface area contributed by atoms with Gasteiger partial charge in [0, 0.05) is 18.6 Å². The lowest BCUT2D eigenvalue weighted by Gasteiger charge is -2.02. The molecule has 0 radical (unpaired) electrons. The Kier molecular flexibility index (Phi) is 3.48. The first-order valence-corrected chi connectivity index (χ1v) is 5.48. The maximum atomic E-state index is 10.5. The number of hydrogen-bond donors (Lipinski definition) is 0. The summed E-state index contributed by atoms with van der Waals surface area (Å²) >= 11 is 0. The van der Waals surface area contributed by atoms with Crippen LogP contribution >= 0.6 is 0 Å². The van der Waals surface area contributed by atoms with Crippen LogP contribution in [-0.4, -0.2) is 11.2 Å². The Hall–Kier alpha value is -2.49. The zero-order valence-corrected chi connectivity index (χ0v) is 9.58. The van der Waals surface area contributed by atoms with Gasteiger partial charge in [0.25, 0.3) is 5.69 Å². The largest absolute Gasteiger partial charge is 0.303 e. The van der Waals surface area contributed by atoms with Crippen molar-refractivity contribution in [2.45, 2.75) is 6.42 Å². The molecule has 0 atom stereocenters. The molecule has 0 unspecified atom stereocenters. The van der Waals surface area contributed by atoms with Crippen LogP contribution in [0.25, 0.3) is 11.1 Å². The summed E-state index contributed by atoms with van der Waals surface area (Å²) in [6.07, 6.45) is 1.27. The molecule has 0 amide bonds. The monoisotopic (exact) mass is 241 g/mol. The summed E-state index contributed by atoms with van der Waals surface area (Å²) in [5, 5.41) is 10.5. The quantitative estimate of drug-likeness (QED) is 0.469. The first-order chi connectivity index (χ1) is 8.70. The molecule has 2 rings (SSSR count). The summed E-state index contributed by atoms with van der Waals surface area (Å²) in [6.45, 7) is 0. The van der Waals surface area contributed by atoms with Gasteiger partial charge in [0.2, 0.25) is 0 Å². The van der Waals surface area contributed by atoms with Crippen LogP contribution in [0.15, 0.2) is 48.5 Å². The molecule has 0 N–H and O–H groups in total. The summed E-state index contributed by atoms with van der Waals surface area (Å²) in [5.74, 6) is 0. The fourth-order valence-electron chi connectivity index (χ4n) is 1.71. The number of carbonyl (C=O) groups excluding carboxylic acids is 1. The van der Waals surface area contributed by atoms with E-state index in [1.165, 1.54) is 12.1 Å². The van der Waals surface area contributed by atoms with Crippen molar-refractivity contribution in [2.75, 3.05) is 0 Å². The van der Waals surface area contributed by atoms with Gasteiger partial charge in [-0.25, -0.2) is 0 Å². The van der Waals surface area contributed by atoms with Gasteiger partial charge in [0.15, 0.2) is 0 Å². The maximum Gasteiger partial charge on any atom is 0.269 e. The number of rotatable bonds is 4. The molecule has 2 aromatic rings. The molecule has 0 spiro atoms. The van der Waals surface area contributed by atoms with E-state index in [-0.39, 0.29) is 5.69 Å². The van der Waals surface area contributed by atoms with Gasteiger partial charge < -0.3 is 4.79 Å². The van der Waals surface area contributed by atoms with Gasteiger partial charge in [-0.2, -0.15) is 0 Å². The second kappa shape index (κ2) is 5.23. The topological polar surface area (TPSA) is 60.2 Å². The zero-order chi connectivity index (χ0) is 13.0. The van der Waals surface area contributed by atoms with Crippen molar-refractivity contribution >= 4 is 12.0 Å². The molecule has 0 aromatic heterocycles. The van der Waals surface area contributed by atoms with E-state index < -0.39 is 4.92 Å². The molecular weight excluding hydrogens is 230 g/mol. The van der Waals surface area contributed by atoms with E-state index in [4.69, 9.17) is 0 Å². The van der Waals surface area contributed by atoms with Crippen LogP contribution in [0.1, 0.15) is 5.56 Å². The molecule has 0 bridgehead atoms. The van der Waals surface area contributed by atoms with Crippen molar-refractivity contribution in [1.82, 2.24) is 0 Å². The van der Waals surface area contributed by atoms with Gasteiger partial charge in [-0.05, 0) is 28.8 Å². The van der Waals surface area contributed by atoms with Gasteiger partial charge in [-0.1, -0.05) is 24.3 Å². The minimum atomic E-state index is -0.420. The summed E-state index contributed by atoms with van der Waals surface area (Å²) in [5.41, 5.74) is 2.92. The number of nitro benzene ring substituents is 1. The number of nitro groups is 1. The van der Waals surface area contributed by atoms with Gasteiger partial charge in [-0.15, -0.1) is 0 Å². The molecule has 0 aliphatic rings. The Morgan fingerprint density at radius 1 is 0.944 bits per heavy atom. The van der Waals surface area contributed by atoms with E-state index in [1.54, 1.807) is 12.1 Å². The molecule has 90 valence electrons. The van der Waals surface area contributed by atoms with E-state index in [1.807, 2.05) is 24.3 Å². The van der Waals surface area contributed by atoms with Crippen molar-refractivity contribution in [3.63, 3.8) is 0 Å². The fourth-order valence-corrected chi connectivity index (χ4v) is 1.71. The van der Waals surface area contributed by atoms with Crippen molar-refractivity contribution in [3.8, 4) is 11.1 Å². The maximum absolute atomic E-state index is 10.5. The molecule has 18 heavy (non-hydrogen) atoms. The highest BCUT2D eigenvalue weighted by Gasteiger charge is 2.04. The van der Waals surface area contributed by atoms with Gasteiger partial charge in [0.05, 0.1) is 4.92 Å². The lowest BCUT2D eigenvalue weighted by atomic mass is 10.0. The van der Waals surface area contributed by atoms with Crippen LogP contribution in [-0.2, 0) is 11.2 Å². The average molecular weight is 241 g/mol. The van der Waals surface area contributed by atoms with Crippen molar-refractivity contribution in [3.05, 3.63) is 64.2 Å². The highest BCUT2D eigenvalue weighted by Crippen LogP contribution is 2.22. The van der Waals surface area contributed by atoms with Crippen LogP contribution in [0.2, 0.25) is 0 Å². The van der Waals surface area contributed by atoms with E-state index in [9.17, 15) is 14.9 Å². The highest BCUT2D eigenvalue weighted by atomic mass is 16.6. The minimum Gasteiger partial charge on any atom is -0.303 e. The van der Waals surface area contributed by atoms with Gasteiger partial charge in [0.1, 0.15) is 6.29 Å². The molecule has 2 aromatic carbocycles. The summed E-state index contributed by atoms with van der Waals surface area (Å²) in [6, 6.07) is 14.0. The summed E-state index contributed by atoms with van der Waals surface area (Å²) in [4.78, 5) is 20.5. The van der Waals surface area contributed by atoms with Crippen molar-refractivity contribution in [1.29, 1.82) is 0 Å². The fraction of sp³-hybridized carbons (Fsp3) is 0.0714. The lowest BCUT2D eigenvalue weighted by molar-refractivity contribution is -0.384. The number of hydrogen-bond acceptors (Lipinski definition) is 3. The molecule has 0 aliphatic heterocycles. The first kappa shape index (κ1) is 12.0. The minimum absolute atomic E-state index is 0.0799. The first-order valence-electron chi connectivity index (χ1n) is 5.48. The standard InChI is InChI=1S/C14H11NO3/c16-10-9-11-1-3-12(4-2-11)13-5-7-14(8-6-13)15(17)18/h1-8,10H,9H2.